The first-order valence-corrected chi connectivity index (χ1v) is 5.51. The molecule has 1 saturated heterocycles. The van der Waals surface area contributed by atoms with E-state index < -0.39 is 17.3 Å². The fourth-order valence-corrected chi connectivity index (χ4v) is 2.27. The number of halogens is 2. The zero-order valence-corrected chi connectivity index (χ0v) is 9.51. The molecule has 3 nitrogen and oxygen atoms in total. The molecule has 82 valence electrons. The summed E-state index contributed by atoms with van der Waals surface area (Å²) in [6.45, 7) is 1.59. The van der Waals surface area contributed by atoms with Gasteiger partial charge in [-0.1, -0.05) is 0 Å². The summed E-state index contributed by atoms with van der Waals surface area (Å²) in [5, 5.41) is 22.0. The lowest BCUT2D eigenvalue weighted by Gasteiger charge is -2.13. The molecule has 5 heteroatoms. The Morgan fingerprint density at radius 2 is 2.13 bits per heavy atom. The van der Waals surface area contributed by atoms with Crippen molar-refractivity contribution in [3.05, 3.63) is 21.9 Å². The van der Waals surface area contributed by atoms with Gasteiger partial charge in [0.25, 0.3) is 0 Å². The minimum atomic E-state index is -0.953. The van der Waals surface area contributed by atoms with Crippen LogP contribution in [0.3, 0.4) is 0 Å². The van der Waals surface area contributed by atoms with Crippen LogP contribution in [0.4, 0.5) is 4.39 Å². The van der Waals surface area contributed by atoms with Crippen molar-refractivity contribution in [2.24, 2.45) is 0 Å². The smallest absolute Gasteiger partial charge is 0.207 e. The zero-order chi connectivity index (χ0) is 11.0. The van der Waals surface area contributed by atoms with Gasteiger partial charge >= 0.3 is 0 Å². The molecule has 3 N–H and O–H groups in total. The molecule has 0 amide bonds. The van der Waals surface area contributed by atoms with Crippen molar-refractivity contribution in [1.29, 1.82) is 0 Å². The number of aromatic hydroxyl groups is 2. The maximum atomic E-state index is 13.4. The number of phenols is 2. The highest BCUT2D eigenvalue weighted by Gasteiger charge is 2.24. The van der Waals surface area contributed by atoms with Crippen LogP contribution < -0.4 is 5.32 Å². The van der Waals surface area contributed by atoms with Gasteiger partial charge in [-0.3, -0.25) is 0 Å². The number of nitrogens with one attached hydrogen (secondary N) is 1. The van der Waals surface area contributed by atoms with Crippen LogP contribution in [0.15, 0.2) is 10.5 Å². The number of phenolic OH excluding ortho intramolecular Hbond substituents is 2. The quantitative estimate of drug-likeness (QED) is 0.736. The van der Waals surface area contributed by atoms with Gasteiger partial charge in [0, 0.05) is 18.0 Å². The lowest BCUT2D eigenvalue weighted by Crippen LogP contribution is -2.08. The van der Waals surface area contributed by atoms with E-state index in [-0.39, 0.29) is 10.4 Å². The lowest BCUT2D eigenvalue weighted by molar-refractivity contribution is 0.381. The Morgan fingerprint density at radius 3 is 2.73 bits per heavy atom. The largest absolute Gasteiger partial charge is 0.505 e. The van der Waals surface area contributed by atoms with Crippen LogP contribution in [-0.2, 0) is 0 Å². The highest BCUT2D eigenvalue weighted by molar-refractivity contribution is 9.10. The van der Waals surface area contributed by atoms with Crippen molar-refractivity contribution < 1.29 is 14.6 Å². The average Bonchev–Trinajstić information content (AvgIpc) is 2.73. The fraction of sp³-hybridized carbons (Fsp3) is 0.400. The molecule has 1 heterocycles. The Morgan fingerprint density at radius 1 is 1.40 bits per heavy atom. The predicted octanol–water partition coefficient (Wildman–Crippen LogP) is 2.08. The molecule has 0 aromatic heterocycles. The summed E-state index contributed by atoms with van der Waals surface area (Å²) < 4.78 is 13.6. The molecular weight excluding hydrogens is 265 g/mol. The van der Waals surface area contributed by atoms with E-state index in [0.717, 1.165) is 19.5 Å². The molecule has 1 fully saturated rings. The molecule has 0 aliphatic carbocycles. The van der Waals surface area contributed by atoms with E-state index in [1.54, 1.807) is 6.07 Å². The Bertz CT molecular complexity index is 391. The van der Waals surface area contributed by atoms with Crippen molar-refractivity contribution in [3.63, 3.8) is 0 Å². The maximum Gasteiger partial charge on any atom is 0.207 e. The molecule has 1 aromatic carbocycles. The van der Waals surface area contributed by atoms with Gasteiger partial charge in [-0.2, -0.15) is 4.39 Å². The summed E-state index contributed by atoms with van der Waals surface area (Å²) in [5.41, 5.74) is 0.544. The van der Waals surface area contributed by atoms with E-state index in [2.05, 4.69) is 21.2 Å². The molecule has 1 aliphatic heterocycles. The molecule has 0 radical (unpaired) electrons. The summed E-state index contributed by atoms with van der Waals surface area (Å²) in [5.74, 6) is -1.82. The Hall–Kier alpha value is -0.810. The molecule has 1 aromatic rings. The molecule has 1 atom stereocenters. The molecular formula is C10H11BrFNO2. The van der Waals surface area contributed by atoms with Crippen molar-refractivity contribution >= 4 is 15.9 Å². The summed E-state index contributed by atoms with van der Waals surface area (Å²) in [4.78, 5) is 0. The van der Waals surface area contributed by atoms with Crippen LogP contribution in [-0.4, -0.2) is 23.3 Å². The topological polar surface area (TPSA) is 52.5 Å². The summed E-state index contributed by atoms with van der Waals surface area (Å²) in [6.07, 6.45) is 0.865. The minimum absolute atomic E-state index is 0.108. The van der Waals surface area contributed by atoms with E-state index in [9.17, 15) is 14.6 Å². The number of hydrogen-bond acceptors (Lipinski definition) is 3. The second-order valence-corrected chi connectivity index (χ2v) is 4.50. The number of hydrogen-bond donors (Lipinski definition) is 3. The van der Waals surface area contributed by atoms with Gasteiger partial charge in [0.05, 0.1) is 4.47 Å². The van der Waals surface area contributed by atoms with Crippen LogP contribution in [0.5, 0.6) is 11.5 Å². The van der Waals surface area contributed by atoms with Gasteiger partial charge in [-0.25, -0.2) is 0 Å². The third kappa shape index (κ3) is 1.81. The van der Waals surface area contributed by atoms with Gasteiger partial charge in [0.15, 0.2) is 11.5 Å². The van der Waals surface area contributed by atoms with Crippen LogP contribution in [0.2, 0.25) is 0 Å². The molecule has 15 heavy (non-hydrogen) atoms. The van der Waals surface area contributed by atoms with E-state index in [1.165, 1.54) is 0 Å². The predicted molar refractivity (Wildman–Crippen MR) is 57.7 cm³/mol. The number of rotatable bonds is 1. The SMILES string of the molecule is Oc1c(Br)cc(C2CCNC2)c(O)c1F. The van der Waals surface area contributed by atoms with Gasteiger partial charge < -0.3 is 15.5 Å². The van der Waals surface area contributed by atoms with Crippen LogP contribution in [0, 0.1) is 5.82 Å². The first kappa shape index (κ1) is 10.7. The highest BCUT2D eigenvalue weighted by atomic mass is 79.9. The molecule has 2 rings (SSSR count). The van der Waals surface area contributed by atoms with Crippen molar-refractivity contribution in [2.45, 2.75) is 12.3 Å². The molecule has 0 saturated carbocycles. The fourth-order valence-electron chi connectivity index (χ4n) is 1.85. The van der Waals surface area contributed by atoms with E-state index in [1.807, 2.05) is 0 Å². The van der Waals surface area contributed by atoms with Crippen LogP contribution in [0.1, 0.15) is 17.9 Å². The molecule has 1 unspecified atom stereocenters. The Labute approximate surface area is 95.1 Å². The zero-order valence-electron chi connectivity index (χ0n) is 7.93. The van der Waals surface area contributed by atoms with Gasteiger partial charge in [-0.05, 0) is 35.0 Å². The maximum absolute atomic E-state index is 13.4. The Kier molecular flexibility index (Phi) is 2.84. The van der Waals surface area contributed by atoms with Crippen molar-refractivity contribution in [2.75, 3.05) is 13.1 Å². The lowest BCUT2D eigenvalue weighted by atomic mass is 9.97. The van der Waals surface area contributed by atoms with Crippen molar-refractivity contribution in [1.82, 2.24) is 5.32 Å². The van der Waals surface area contributed by atoms with Gasteiger partial charge in [0.2, 0.25) is 5.82 Å². The monoisotopic (exact) mass is 275 g/mol. The third-order valence-electron chi connectivity index (χ3n) is 2.70. The van der Waals surface area contributed by atoms with Gasteiger partial charge in [-0.15, -0.1) is 0 Å². The third-order valence-corrected chi connectivity index (χ3v) is 3.30. The highest BCUT2D eigenvalue weighted by Crippen LogP contribution is 2.40. The standard InChI is InChI=1S/C10H11BrFNO2/c11-7-3-6(5-1-2-13-4-5)9(14)8(12)10(7)15/h3,5,13-15H,1-2,4H2. The normalized spacial score (nSPS) is 20.8. The van der Waals surface area contributed by atoms with Crippen LogP contribution >= 0.6 is 15.9 Å². The first-order valence-electron chi connectivity index (χ1n) is 4.71. The van der Waals surface area contributed by atoms with E-state index in [4.69, 9.17) is 0 Å². The molecule has 0 bridgehead atoms. The summed E-state index contributed by atoms with van der Waals surface area (Å²) in [6, 6.07) is 1.57. The molecule has 1 aliphatic rings. The summed E-state index contributed by atoms with van der Waals surface area (Å²) in [7, 11) is 0. The van der Waals surface area contributed by atoms with E-state index in [0.29, 0.717) is 5.56 Å². The van der Waals surface area contributed by atoms with Crippen molar-refractivity contribution in [3.8, 4) is 11.5 Å². The first-order chi connectivity index (χ1) is 7.11. The van der Waals surface area contributed by atoms with Crippen LogP contribution in [0.25, 0.3) is 0 Å². The van der Waals surface area contributed by atoms with Gasteiger partial charge in [0.1, 0.15) is 0 Å². The minimum Gasteiger partial charge on any atom is -0.505 e. The summed E-state index contributed by atoms with van der Waals surface area (Å²) >= 11 is 3.06. The average molecular weight is 276 g/mol. The second-order valence-electron chi connectivity index (χ2n) is 3.65. The molecule has 0 spiro atoms. The Balaban J connectivity index is 2.47. The van der Waals surface area contributed by atoms with E-state index >= 15 is 0 Å². The second kappa shape index (κ2) is 3.98. The number of benzene rings is 1.